The summed E-state index contributed by atoms with van der Waals surface area (Å²) in [5.41, 5.74) is -1.86. The van der Waals surface area contributed by atoms with Crippen LogP contribution < -0.4 is 4.74 Å². The quantitative estimate of drug-likeness (QED) is 0.615. The van der Waals surface area contributed by atoms with Crippen LogP contribution in [0.25, 0.3) is 0 Å². The topological polar surface area (TPSA) is 26.3 Å². The summed E-state index contributed by atoms with van der Waals surface area (Å²) in [7, 11) is 0. The second-order valence-electron chi connectivity index (χ2n) is 3.60. The molecule has 0 saturated carbocycles. The van der Waals surface area contributed by atoms with Crippen molar-refractivity contribution in [3.63, 3.8) is 0 Å². The molecule has 100 valence electrons. The van der Waals surface area contributed by atoms with E-state index < -0.39 is 35.4 Å². The van der Waals surface area contributed by atoms with Crippen molar-refractivity contribution in [3.8, 4) is 5.75 Å². The molecule has 7 heteroatoms. The summed E-state index contributed by atoms with van der Waals surface area (Å²) >= 11 is 0. The first-order valence-corrected chi connectivity index (χ1v) is 4.80. The first-order valence-electron chi connectivity index (χ1n) is 4.80. The number of alkyl halides is 5. The fraction of sp³-hybridized carbons (Fsp3) is 0.364. The van der Waals surface area contributed by atoms with Crippen LogP contribution in [0.2, 0.25) is 0 Å². The van der Waals surface area contributed by atoms with Crippen LogP contribution in [0.1, 0.15) is 28.4 Å². The van der Waals surface area contributed by atoms with Gasteiger partial charge in [-0.3, -0.25) is 4.79 Å². The molecule has 1 aromatic carbocycles. The van der Waals surface area contributed by atoms with Crippen LogP contribution in [0, 0.1) is 6.92 Å². The molecule has 2 nitrogen and oxygen atoms in total. The molecule has 0 bridgehead atoms. The molecule has 0 aliphatic rings. The van der Waals surface area contributed by atoms with Crippen molar-refractivity contribution in [2.45, 2.75) is 26.6 Å². The smallest absolute Gasteiger partial charge is 0.416 e. The third kappa shape index (κ3) is 3.18. The number of hydrogen-bond donors (Lipinski definition) is 0. The molecule has 0 spiro atoms. The van der Waals surface area contributed by atoms with E-state index in [2.05, 4.69) is 4.74 Å². The Balaban J connectivity index is 3.39. The maximum Gasteiger partial charge on any atom is 0.416 e. The molecule has 0 aliphatic heterocycles. The molecule has 0 N–H and O–H groups in total. The molecule has 0 radical (unpaired) electrons. The highest BCUT2D eigenvalue weighted by molar-refractivity contribution is 5.97. The van der Waals surface area contributed by atoms with Gasteiger partial charge in [-0.2, -0.15) is 22.0 Å². The molecular weight excluding hydrogens is 259 g/mol. The van der Waals surface area contributed by atoms with Crippen molar-refractivity contribution >= 4 is 5.78 Å². The number of carbonyl (C=O) groups excluding carboxylic acids is 1. The van der Waals surface area contributed by atoms with Crippen LogP contribution in [0.4, 0.5) is 22.0 Å². The number of hydrogen-bond acceptors (Lipinski definition) is 2. The van der Waals surface area contributed by atoms with Crippen LogP contribution in [0.3, 0.4) is 0 Å². The van der Waals surface area contributed by atoms with Gasteiger partial charge >= 0.3 is 12.8 Å². The average Bonchev–Trinajstić information content (AvgIpc) is 2.13. The fourth-order valence-corrected chi connectivity index (χ4v) is 1.46. The zero-order chi connectivity index (χ0) is 14.1. The third-order valence-corrected chi connectivity index (χ3v) is 2.23. The molecule has 0 aromatic heterocycles. The van der Waals surface area contributed by atoms with Gasteiger partial charge < -0.3 is 4.74 Å². The van der Waals surface area contributed by atoms with Crippen LogP contribution in [0.5, 0.6) is 5.75 Å². The summed E-state index contributed by atoms with van der Waals surface area (Å²) < 4.78 is 65.9. The molecule has 0 aliphatic carbocycles. The SMILES string of the molecule is CC(=O)c1cc(C(F)(F)F)c(C)cc1OC(F)F. The van der Waals surface area contributed by atoms with E-state index in [4.69, 9.17) is 0 Å². The summed E-state index contributed by atoms with van der Waals surface area (Å²) in [5.74, 6) is -1.33. The van der Waals surface area contributed by atoms with Crippen molar-refractivity contribution in [1.82, 2.24) is 0 Å². The number of ketones is 1. The summed E-state index contributed by atoms with van der Waals surface area (Å²) in [6.07, 6.45) is -4.66. The Labute approximate surface area is 99.4 Å². The Morgan fingerprint density at radius 2 is 1.83 bits per heavy atom. The van der Waals surface area contributed by atoms with Crippen LogP contribution in [-0.2, 0) is 6.18 Å². The molecule has 1 aromatic rings. The molecule has 1 rings (SSSR count). The minimum atomic E-state index is -4.66. The number of halogens is 5. The molecule has 0 atom stereocenters. The van der Waals surface area contributed by atoms with Crippen LogP contribution in [0.15, 0.2) is 12.1 Å². The number of aryl methyl sites for hydroxylation is 1. The average molecular weight is 268 g/mol. The Bertz CT molecular complexity index is 465. The maximum absolute atomic E-state index is 12.6. The van der Waals surface area contributed by atoms with E-state index >= 15 is 0 Å². The second-order valence-corrected chi connectivity index (χ2v) is 3.60. The maximum atomic E-state index is 12.6. The molecule has 0 fully saturated rings. The molecule has 0 heterocycles. The number of Topliss-reactive ketones (excluding diaryl/α,β-unsaturated/α-hetero) is 1. The van der Waals surface area contributed by atoms with E-state index in [1.807, 2.05) is 0 Å². The van der Waals surface area contributed by atoms with Gasteiger partial charge in [0.15, 0.2) is 5.78 Å². The Kier molecular flexibility index (Phi) is 3.93. The van der Waals surface area contributed by atoms with Crippen molar-refractivity contribution < 1.29 is 31.5 Å². The highest BCUT2D eigenvalue weighted by Gasteiger charge is 2.34. The number of benzene rings is 1. The van der Waals surface area contributed by atoms with E-state index in [1.165, 1.54) is 0 Å². The lowest BCUT2D eigenvalue weighted by Crippen LogP contribution is -2.12. The lowest BCUT2D eigenvalue weighted by molar-refractivity contribution is -0.138. The first-order chi connectivity index (χ1) is 8.12. The van der Waals surface area contributed by atoms with Crippen molar-refractivity contribution in [2.24, 2.45) is 0 Å². The largest absolute Gasteiger partial charge is 0.434 e. The van der Waals surface area contributed by atoms with E-state index in [0.29, 0.717) is 6.07 Å². The molecule has 0 amide bonds. The third-order valence-electron chi connectivity index (χ3n) is 2.23. The van der Waals surface area contributed by atoms with E-state index in [0.717, 1.165) is 19.9 Å². The van der Waals surface area contributed by atoms with Gasteiger partial charge in [0.25, 0.3) is 0 Å². The van der Waals surface area contributed by atoms with Gasteiger partial charge in [-0.05, 0) is 31.5 Å². The number of rotatable bonds is 3. The van der Waals surface area contributed by atoms with Gasteiger partial charge in [0, 0.05) is 0 Å². The Hall–Kier alpha value is -1.66. The summed E-state index contributed by atoms with van der Waals surface area (Å²) in [6.45, 7) is -1.13. The van der Waals surface area contributed by atoms with Crippen LogP contribution in [-0.4, -0.2) is 12.4 Å². The van der Waals surface area contributed by atoms with E-state index in [9.17, 15) is 26.7 Å². The number of ether oxygens (including phenoxy) is 1. The highest BCUT2D eigenvalue weighted by Crippen LogP contribution is 2.36. The summed E-state index contributed by atoms with van der Waals surface area (Å²) in [6, 6.07) is 1.31. The molecule has 0 unspecified atom stereocenters. The fourth-order valence-electron chi connectivity index (χ4n) is 1.46. The molecular formula is C11H9F5O2. The van der Waals surface area contributed by atoms with Crippen molar-refractivity contribution in [2.75, 3.05) is 0 Å². The van der Waals surface area contributed by atoms with Crippen LogP contribution >= 0.6 is 0 Å². The minimum absolute atomic E-state index is 0.289. The zero-order valence-corrected chi connectivity index (χ0v) is 9.44. The van der Waals surface area contributed by atoms with Crippen molar-refractivity contribution in [3.05, 3.63) is 28.8 Å². The lowest BCUT2D eigenvalue weighted by Gasteiger charge is -2.15. The molecule has 18 heavy (non-hydrogen) atoms. The van der Waals surface area contributed by atoms with Gasteiger partial charge in [-0.15, -0.1) is 0 Å². The van der Waals surface area contributed by atoms with Crippen molar-refractivity contribution in [1.29, 1.82) is 0 Å². The molecule has 0 saturated heterocycles. The predicted molar refractivity (Wildman–Crippen MR) is 52.8 cm³/mol. The van der Waals surface area contributed by atoms with Gasteiger partial charge in [-0.1, -0.05) is 0 Å². The van der Waals surface area contributed by atoms with Gasteiger partial charge in [0.2, 0.25) is 0 Å². The Morgan fingerprint density at radius 1 is 1.28 bits per heavy atom. The standard InChI is InChI=1S/C11H9F5O2/c1-5-3-9(18-10(12)13)7(6(2)17)4-8(5)11(14,15)16/h3-4,10H,1-2H3. The first kappa shape index (κ1) is 14.4. The highest BCUT2D eigenvalue weighted by atomic mass is 19.4. The summed E-state index contributed by atoms with van der Waals surface area (Å²) in [5, 5.41) is 0. The minimum Gasteiger partial charge on any atom is -0.434 e. The van der Waals surface area contributed by atoms with Gasteiger partial charge in [0.1, 0.15) is 5.75 Å². The van der Waals surface area contributed by atoms with Gasteiger partial charge in [-0.25, -0.2) is 0 Å². The lowest BCUT2D eigenvalue weighted by atomic mass is 10.0. The second kappa shape index (κ2) is 4.91. The van der Waals surface area contributed by atoms with Gasteiger partial charge in [0.05, 0.1) is 11.1 Å². The summed E-state index contributed by atoms with van der Waals surface area (Å²) in [4.78, 5) is 11.1. The normalized spacial score (nSPS) is 11.8. The number of carbonyl (C=O) groups is 1. The van der Waals surface area contributed by atoms with E-state index in [1.54, 1.807) is 0 Å². The van der Waals surface area contributed by atoms with E-state index in [-0.39, 0.29) is 5.56 Å². The monoisotopic (exact) mass is 268 g/mol. The Morgan fingerprint density at radius 3 is 2.22 bits per heavy atom. The predicted octanol–water partition coefficient (Wildman–Crippen LogP) is 3.82. The zero-order valence-electron chi connectivity index (χ0n) is 9.44.